The smallest absolute Gasteiger partial charge is 0.166 e. The predicted molar refractivity (Wildman–Crippen MR) is 63.2 cm³/mol. The molecule has 0 nitrogen and oxygen atoms in total. The lowest BCUT2D eigenvalue weighted by Crippen LogP contribution is -2.13. The molecule has 0 bridgehead atoms. The van der Waals surface area contributed by atoms with Crippen LogP contribution in [0.1, 0.15) is 29.5 Å². The average Bonchev–Trinajstić information content (AvgIpc) is 2.26. The quantitative estimate of drug-likeness (QED) is 0.692. The van der Waals surface area contributed by atoms with Crippen LogP contribution in [0.3, 0.4) is 0 Å². The topological polar surface area (TPSA) is 0 Å². The van der Waals surface area contributed by atoms with Gasteiger partial charge >= 0.3 is 12.4 Å². The molecule has 0 heterocycles. The molecule has 0 fully saturated rings. The van der Waals surface area contributed by atoms with Crippen molar-refractivity contribution in [2.24, 2.45) is 0 Å². The van der Waals surface area contributed by atoms with Crippen LogP contribution in [0.25, 0.3) is 0 Å². The molecule has 19 heavy (non-hydrogen) atoms. The van der Waals surface area contributed by atoms with Crippen molar-refractivity contribution < 1.29 is 26.3 Å². The predicted octanol–water partition coefficient (Wildman–Crippen LogP) is 5.19. The number of rotatable bonds is 3. The fourth-order valence-electron chi connectivity index (χ4n) is 1.61. The lowest BCUT2D eigenvalue weighted by molar-refractivity contribution is -0.143. The van der Waals surface area contributed by atoms with Crippen molar-refractivity contribution in [1.82, 2.24) is 0 Å². The Morgan fingerprint density at radius 1 is 0.947 bits per heavy atom. The van der Waals surface area contributed by atoms with Crippen LogP contribution in [0, 0.1) is 0 Å². The molecule has 0 radical (unpaired) electrons. The van der Waals surface area contributed by atoms with E-state index in [0.29, 0.717) is 5.75 Å². The third-order valence-corrected chi connectivity index (χ3v) is 3.43. The van der Waals surface area contributed by atoms with Gasteiger partial charge in [0.05, 0.1) is 11.1 Å². The fraction of sp³-hybridized carbons (Fsp3) is 0.500. The Morgan fingerprint density at radius 3 is 1.68 bits per heavy atom. The fourth-order valence-corrected chi connectivity index (χ4v) is 2.30. The summed E-state index contributed by atoms with van der Waals surface area (Å²) in [6, 6.07) is 1.72. The van der Waals surface area contributed by atoms with Crippen LogP contribution < -0.4 is 0 Å². The Hall–Kier alpha value is -0.850. The van der Waals surface area contributed by atoms with Gasteiger partial charge in [-0.2, -0.15) is 38.1 Å². The van der Waals surface area contributed by atoms with Crippen molar-refractivity contribution in [3.63, 3.8) is 0 Å². The van der Waals surface area contributed by atoms with E-state index in [0.717, 1.165) is 12.1 Å². The Kier molecular flexibility index (Phi) is 4.81. The van der Waals surface area contributed by atoms with E-state index in [1.54, 1.807) is 13.2 Å². The molecule has 1 aromatic rings. The van der Waals surface area contributed by atoms with Crippen LogP contribution in [-0.4, -0.2) is 12.0 Å². The van der Waals surface area contributed by atoms with E-state index in [1.165, 1.54) is 11.8 Å². The van der Waals surface area contributed by atoms with Gasteiger partial charge in [-0.15, -0.1) is 0 Å². The van der Waals surface area contributed by atoms with E-state index in [1.807, 2.05) is 0 Å². The first kappa shape index (κ1) is 16.2. The van der Waals surface area contributed by atoms with Gasteiger partial charge in [0.1, 0.15) is 0 Å². The normalized spacial score (nSPS) is 14.5. The molecule has 0 aliphatic carbocycles. The summed E-state index contributed by atoms with van der Waals surface area (Å²) in [6.45, 7) is 1.60. The van der Waals surface area contributed by atoms with E-state index < -0.39 is 23.5 Å². The Balaban J connectivity index is 3.33. The molecule has 0 spiro atoms. The third kappa shape index (κ3) is 4.33. The highest BCUT2D eigenvalue weighted by Crippen LogP contribution is 2.37. The number of alkyl halides is 6. The van der Waals surface area contributed by atoms with E-state index in [4.69, 9.17) is 0 Å². The van der Waals surface area contributed by atoms with E-state index in [2.05, 4.69) is 0 Å². The number of thioether (sulfide) groups is 1. The summed E-state index contributed by atoms with van der Waals surface area (Å²) in [5.41, 5.74) is -2.47. The van der Waals surface area contributed by atoms with E-state index >= 15 is 0 Å². The molecule has 1 atom stereocenters. The van der Waals surface area contributed by atoms with Crippen LogP contribution in [0.5, 0.6) is 0 Å². The maximum atomic E-state index is 12.6. The summed E-state index contributed by atoms with van der Waals surface area (Å²) < 4.78 is 75.7. The van der Waals surface area contributed by atoms with Gasteiger partial charge in [-0.05, 0) is 41.7 Å². The number of halogens is 6. The summed E-state index contributed by atoms with van der Waals surface area (Å²) in [5.74, 6) is 0.0805. The van der Waals surface area contributed by atoms with Gasteiger partial charge in [0, 0.05) is 0 Å². The molecule has 0 aliphatic rings. The van der Waals surface area contributed by atoms with Crippen LogP contribution in [0.15, 0.2) is 18.2 Å². The second-order valence-corrected chi connectivity index (χ2v) is 5.11. The molecular formula is C12H12F6S. The van der Waals surface area contributed by atoms with Crippen molar-refractivity contribution in [3.8, 4) is 0 Å². The molecule has 108 valence electrons. The zero-order valence-electron chi connectivity index (χ0n) is 10.2. The first-order valence-electron chi connectivity index (χ1n) is 5.34. The first-order valence-corrected chi connectivity index (χ1v) is 6.73. The highest BCUT2D eigenvalue weighted by Gasteiger charge is 2.37. The van der Waals surface area contributed by atoms with E-state index in [9.17, 15) is 26.3 Å². The van der Waals surface area contributed by atoms with Gasteiger partial charge in [-0.25, -0.2) is 0 Å². The van der Waals surface area contributed by atoms with Crippen molar-refractivity contribution in [1.29, 1.82) is 0 Å². The van der Waals surface area contributed by atoms with Crippen LogP contribution in [-0.2, 0) is 12.4 Å². The Bertz CT molecular complexity index is 403. The van der Waals surface area contributed by atoms with Gasteiger partial charge in [-0.3, -0.25) is 0 Å². The molecule has 1 aromatic carbocycles. The summed E-state index contributed by atoms with van der Waals surface area (Å²) in [4.78, 5) is 0. The van der Waals surface area contributed by atoms with Gasteiger partial charge in [-0.1, -0.05) is 6.92 Å². The minimum absolute atomic E-state index is 0.0523. The number of hydrogen-bond donors (Lipinski definition) is 0. The van der Waals surface area contributed by atoms with Gasteiger partial charge in [0.15, 0.2) is 0 Å². The third-order valence-electron chi connectivity index (χ3n) is 2.60. The summed E-state index contributed by atoms with van der Waals surface area (Å²) >= 11 is 1.37. The molecule has 0 saturated carbocycles. The van der Waals surface area contributed by atoms with Gasteiger partial charge < -0.3 is 0 Å². The monoisotopic (exact) mass is 302 g/mol. The molecule has 7 heteroatoms. The molecule has 0 aliphatic heterocycles. The summed E-state index contributed by atoms with van der Waals surface area (Å²) in [6.07, 6.45) is -7.82. The molecular weight excluding hydrogens is 290 g/mol. The number of benzene rings is 1. The second-order valence-electron chi connectivity index (χ2n) is 4.20. The zero-order chi connectivity index (χ0) is 14.8. The second kappa shape index (κ2) is 5.64. The average molecular weight is 302 g/mol. The SMILES string of the molecule is CSCC(C)c1cc(C(F)(F)F)cc(C(F)(F)F)c1. The maximum Gasteiger partial charge on any atom is 0.416 e. The van der Waals surface area contributed by atoms with Crippen molar-refractivity contribution in [2.75, 3.05) is 12.0 Å². The molecule has 1 unspecified atom stereocenters. The molecule has 0 aromatic heterocycles. The standard InChI is InChI=1S/C12H12F6S/c1-7(6-19-2)8-3-9(11(13,14)15)5-10(4-8)12(16,17)18/h3-5,7H,6H2,1-2H3. The van der Waals surface area contributed by atoms with Gasteiger partial charge in [0.25, 0.3) is 0 Å². The molecule has 0 saturated heterocycles. The van der Waals surface area contributed by atoms with Crippen LogP contribution in [0.4, 0.5) is 26.3 Å². The summed E-state index contributed by atoms with van der Waals surface area (Å²) in [7, 11) is 0. The summed E-state index contributed by atoms with van der Waals surface area (Å²) in [5, 5.41) is 0. The minimum atomic E-state index is -4.78. The number of hydrogen-bond acceptors (Lipinski definition) is 1. The van der Waals surface area contributed by atoms with Crippen molar-refractivity contribution in [2.45, 2.75) is 25.2 Å². The zero-order valence-corrected chi connectivity index (χ0v) is 11.0. The van der Waals surface area contributed by atoms with Crippen LogP contribution in [0.2, 0.25) is 0 Å². The molecule has 1 rings (SSSR count). The largest absolute Gasteiger partial charge is 0.416 e. The maximum absolute atomic E-state index is 12.6. The lowest BCUT2D eigenvalue weighted by atomic mass is 9.97. The Morgan fingerprint density at radius 2 is 1.37 bits per heavy atom. The van der Waals surface area contributed by atoms with Crippen molar-refractivity contribution in [3.05, 3.63) is 34.9 Å². The van der Waals surface area contributed by atoms with Crippen molar-refractivity contribution >= 4 is 11.8 Å². The van der Waals surface area contributed by atoms with E-state index in [-0.39, 0.29) is 17.5 Å². The van der Waals surface area contributed by atoms with Crippen LogP contribution >= 0.6 is 11.8 Å². The highest BCUT2D eigenvalue weighted by atomic mass is 32.2. The minimum Gasteiger partial charge on any atom is -0.166 e. The molecule has 0 N–H and O–H groups in total. The highest BCUT2D eigenvalue weighted by molar-refractivity contribution is 7.98. The first-order chi connectivity index (χ1) is 8.55. The van der Waals surface area contributed by atoms with Gasteiger partial charge in [0.2, 0.25) is 0 Å². The lowest BCUT2D eigenvalue weighted by Gasteiger charge is -2.17. The Labute approximate surface area is 111 Å². The molecule has 0 amide bonds.